The van der Waals surface area contributed by atoms with Crippen molar-refractivity contribution in [3.8, 4) is 0 Å². The lowest BCUT2D eigenvalue weighted by Gasteiger charge is -2.37. The van der Waals surface area contributed by atoms with E-state index in [0.29, 0.717) is 6.54 Å². The van der Waals surface area contributed by atoms with Crippen LogP contribution in [0.3, 0.4) is 0 Å². The van der Waals surface area contributed by atoms with Gasteiger partial charge in [-0.1, -0.05) is 62.2 Å². The summed E-state index contributed by atoms with van der Waals surface area (Å²) in [6.07, 6.45) is 3.48. The first kappa shape index (κ1) is 15.6. The smallest absolute Gasteiger partial charge is 0.0488 e. The molecule has 2 nitrogen and oxygen atoms in total. The van der Waals surface area contributed by atoms with E-state index in [2.05, 4.69) is 37.8 Å². The van der Waals surface area contributed by atoms with Crippen LogP contribution in [0.4, 0.5) is 0 Å². The van der Waals surface area contributed by atoms with Gasteiger partial charge in [0, 0.05) is 30.7 Å². The molecule has 1 heterocycles. The first-order valence-corrected chi connectivity index (χ1v) is 7.69. The number of rotatable bonds is 3. The highest BCUT2D eigenvalue weighted by Gasteiger charge is 2.26. The summed E-state index contributed by atoms with van der Waals surface area (Å²) in [5.74, 6) is 0. The number of hydrogen-bond donors (Lipinski definition) is 1. The molecule has 2 N–H and O–H groups in total. The van der Waals surface area contributed by atoms with Gasteiger partial charge in [-0.3, -0.25) is 4.90 Å². The minimum atomic E-state index is 0.210. The van der Waals surface area contributed by atoms with Crippen LogP contribution in [0.15, 0.2) is 35.9 Å². The van der Waals surface area contributed by atoms with E-state index < -0.39 is 0 Å². The number of benzene rings is 1. The van der Waals surface area contributed by atoms with Crippen molar-refractivity contribution in [2.24, 2.45) is 11.1 Å². The van der Waals surface area contributed by atoms with Crippen molar-refractivity contribution in [1.29, 1.82) is 0 Å². The number of halogens is 1. The Morgan fingerprint density at radius 3 is 2.50 bits per heavy atom. The zero-order chi connectivity index (χ0) is 14.8. The van der Waals surface area contributed by atoms with Gasteiger partial charge in [-0.25, -0.2) is 0 Å². The van der Waals surface area contributed by atoms with Crippen LogP contribution in [-0.2, 0) is 0 Å². The fraction of sp³-hybridized carbons (Fsp3) is 0.529. The van der Waals surface area contributed by atoms with Crippen molar-refractivity contribution in [2.45, 2.75) is 33.2 Å². The SMILES string of the molecule is CC(C)(C)C1=CCN(C(CN)c2ccccc2Cl)CC1. The third-order valence-corrected chi connectivity index (χ3v) is 4.48. The molecule has 1 aliphatic rings. The topological polar surface area (TPSA) is 29.3 Å². The van der Waals surface area contributed by atoms with Gasteiger partial charge in [-0.05, 0) is 23.5 Å². The van der Waals surface area contributed by atoms with E-state index in [1.54, 1.807) is 5.57 Å². The Balaban J connectivity index is 2.16. The van der Waals surface area contributed by atoms with Crippen molar-refractivity contribution in [2.75, 3.05) is 19.6 Å². The summed E-state index contributed by atoms with van der Waals surface area (Å²) in [5, 5.41) is 0.813. The average molecular weight is 293 g/mol. The summed E-state index contributed by atoms with van der Waals surface area (Å²) in [6, 6.07) is 8.24. The second-order valence-electron chi connectivity index (χ2n) is 6.50. The number of nitrogens with two attached hydrogens (primary N) is 1. The van der Waals surface area contributed by atoms with Gasteiger partial charge in [0.1, 0.15) is 0 Å². The van der Waals surface area contributed by atoms with Crippen LogP contribution in [0, 0.1) is 5.41 Å². The predicted molar refractivity (Wildman–Crippen MR) is 87.0 cm³/mol. The minimum absolute atomic E-state index is 0.210. The lowest BCUT2D eigenvalue weighted by molar-refractivity contribution is 0.209. The van der Waals surface area contributed by atoms with Crippen LogP contribution in [0.1, 0.15) is 38.8 Å². The first-order chi connectivity index (χ1) is 9.43. The van der Waals surface area contributed by atoms with E-state index in [4.69, 9.17) is 17.3 Å². The van der Waals surface area contributed by atoms with Gasteiger partial charge in [0.15, 0.2) is 0 Å². The van der Waals surface area contributed by atoms with Crippen molar-refractivity contribution in [3.05, 3.63) is 46.5 Å². The molecule has 1 aliphatic heterocycles. The van der Waals surface area contributed by atoms with E-state index in [9.17, 15) is 0 Å². The summed E-state index contributed by atoms with van der Waals surface area (Å²) in [4.78, 5) is 2.43. The zero-order valence-corrected chi connectivity index (χ0v) is 13.5. The van der Waals surface area contributed by atoms with Crippen molar-refractivity contribution in [1.82, 2.24) is 4.90 Å². The fourth-order valence-electron chi connectivity index (χ4n) is 2.87. The van der Waals surface area contributed by atoms with Crippen molar-refractivity contribution < 1.29 is 0 Å². The molecule has 0 amide bonds. The molecule has 0 saturated heterocycles. The monoisotopic (exact) mass is 292 g/mol. The molecule has 0 aromatic heterocycles. The standard InChI is InChI=1S/C17H25ClN2/c1-17(2,3)13-8-10-20(11-9-13)16(12-19)14-6-4-5-7-15(14)18/h4-8,16H,9-12,19H2,1-3H3. The van der Waals surface area contributed by atoms with E-state index in [1.165, 1.54) is 0 Å². The quantitative estimate of drug-likeness (QED) is 0.853. The lowest BCUT2D eigenvalue weighted by Crippen LogP contribution is -2.38. The molecule has 1 aromatic rings. The molecule has 0 aliphatic carbocycles. The molecule has 0 saturated carbocycles. The average Bonchev–Trinajstić information content (AvgIpc) is 2.41. The molecule has 1 aromatic carbocycles. The third kappa shape index (κ3) is 3.43. The molecule has 1 atom stereocenters. The fourth-order valence-corrected chi connectivity index (χ4v) is 3.13. The molecule has 20 heavy (non-hydrogen) atoms. The zero-order valence-electron chi connectivity index (χ0n) is 12.7. The van der Waals surface area contributed by atoms with Crippen LogP contribution in [0.5, 0.6) is 0 Å². The maximum absolute atomic E-state index is 6.32. The summed E-state index contributed by atoms with van der Waals surface area (Å²) in [7, 11) is 0. The normalized spacial score (nSPS) is 18.8. The van der Waals surface area contributed by atoms with Gasteiger partial charge in [-0.15, -0.1) is 0 Å². The van der Waals surface area contributed by atoms with Gasteiger partial charge in [-0.2, -0.15) is 0 Å². The number of nitrogens with zero attached hydrogens (tertiary/aromatic N) is 1. The van der Waals surface area contributed by atoms with Crippen molar-refractivity contribution in [3.63, 3.8) is 0 Å². The van der Waals surface area contributed by atoms with Crippen molar-refractivity contribution >= 4 is 11.6 Å². The van der Waals surface area contributed by atoms with E-state index >= 15 is 0 Å². The molecule has 0 bridgehead atoms. The second kappa shape index (κ2) is 6.30. The maximum atomic E-state index is 6.32. The maximum Gasteiger partial charge on any atom is 0.0488 e. The molecular formula is C17H25ClN2. The highest BCUT2D eigenvalue weighted by atomic mass is 35.5. The highest BCUT2D eigenvalue weighted by molar-refractivity contribution is 6.31. The molecule has 0 radical (unpaired) electrons. The largest absolute Gasteiger partial charge is 0.329 e. The van der Waals surface area contributed by atoms with Gasteiger partial charge < -0.3 is 5.73 Å². The lowest BCUT2D eigenvalue weighted by atomic mass is 9.82. The number of hydrogen-bond acceptors (Lipinski definition) is 2. The second-order valence-corrected chi connectivity index (χ2v) is 6.90. The van der Waals surface area contributed by atoms with E-state index in [-0.39, 0.29) is 11.5 Å². The highest BCUT2D eigenvalue weighted by Crippen LogP contribution is 2.33. The van der Waals surface area contributed by atoms with Crippen LogP contribution in [0.25, 0.3) is 0 Å². The van der Waals surface area contributed by atoms with Crippen LogP contribution in [-0.4, -0.2) is 24.5 Å². The van der Waals surface area contributed by atoms with Gasteiger partial charge >= 0.3 is 0 Å². The minimum Gasteiger partial charge on any atom is -0.329 e. The van der Waals surface area contributed by atoms with Gasteiger partial charge in [0.2, 0.25) is 0 Å². The predicted octanol–water partition coefficient (Wildman–Crippen LogP) is 4.02. The molecular weight excluding hydrogens is 268 g/mol. The third-order valence-electron chi connectivity index (χ3n) is 4.13. The molecule has 1 unspecified atom stereocenters. The summed E-state index contributed by atoms with van der Waals surface area (Å²) >= 11 is 6.32. The van der Waals surface area contributed by atoms with E-state index in [0.717, 1.165) is 30.1 Å². The van der Waals surface area contributed by atoms with Crippen LogP contribution in [0.2, 0.25) is 5.02 Å². The van der Waals surface area contributed by atoms with Crippen LogP contribution >= 0.6 is 11.6 Å². The Morgan fingerprint density at radius 1 is 1.30 bits per heavy atom. The Morgan fingerprint density at radius 2 is 2.00 bits per heavy atom. The molecule has 110 valence electrons. The summed E-state index contributed by atoms with van der Waals surface area (Å²) in [5.41, 5.74) is 8.96. The Bertz CT molecular complexity index is 488. The summed E-state index contributed by atoms with van der Waals surface area (Å²) in [6.45, 7) is 9.45. The molecule has 0 fully saturated rings. The molecule has 3 heteroatoms. The van der Waals surface area contributed by atoms with Gasteiger partial charge in [0.25, 0.3) is 0 Å². The molecule has 0 spiro atoms. The van der Waals surface area contributed by atoms with Gasteiger partial charge in [0.05, 0.1) is 0 Å². The van der Waals surface area contributed by atoms with Crippen LogP contribution < -0.4 is 5.73 Å². The van der Waals surface area contributed by atoms with E-state index in [1.807, 2.05) is 18.2 Å². The Labute approximate surface area is 127 Å². The Kier molecular flexibility index (Phi) is 4.90. The summed E-state index contributed by atoms with van der Waals surface area (Å²) < 4.78 is 0. The Hall–Kier alpha value is -0.830. The molecule has 2 rings (SSSR count). The first-order valence-electron chi connectivity index (χ1n) is 7.31.